The zero-order valence-electron chi connectivity index (χ0n) is 8.49. The lowest BCUT2D eigenvalue weighted by atomic mass is 9.40. The van der Waals surface area contributed by atoms with Crippen molar-refractivity contribution in [3.8, 4) is 0 Å². The molecule has 3 rings (SSSR count). The second-order valence-corrected chi connectivity index (χ2v) is 5.07. The van der Waals surface area contributed by atoms with Gasteiger partial charge in [0.05, 0.1) is 17.4 Å². The molecule has 0 aromatic rings. The van der Waals surface area contributed by atoms with E-state index < -0.39 is 16.8 Å². The summed E-state index contributed by atoms with van der Waals surface area (Å²) < 4.78 is 5.07. The molecule has 0 aromatic carbocycles. The Kier molecular flexibility index (Phi) is 1.56. The molecule has 0 aromatic heterocycles. The zero-order chi connectivity index (χ0) is 10.7. The van der Waals surface area contributed by atoms with Crippen LogP contribution in [-0.2, 0) is 14.3 Å². The van der Waals surface area contributed by atoms with Crippen LogP contribution in [0.5, 0.6) is 0 Å². The van der Waals surface area contributed by atoms with E-state index in [1.807, 2.05) is 0 Å². The summed E-state index contributed by atoms with van der Waals surface area (Å²) in [6, 6.07) is 0. The number of carboxylic acid groups (broad SMARTS) is 1. The summed E-state index contributed by atoms with van der Waals surface area (Å²) in [4.78, 5) is 23.2. The molecule has 3 fully saturated rings. The van der Waals surface area contributed by atoms with Crippen LogP contribution in [0.15, 0.2) is 0 Å². The molecule has 1 N–H and O–H groups in total. The third-order valence-corrected chi connectivity index (χ3v) is 4.76. The van der Waals surface area contributed by atoms with Crippen molar-refractivity contribution in [1.29, 1.82) is 0 Å². The van der Waals surface area contributed by atoms with Gasteiger partial charge in [0, 0.05) is 5.92 Å². The Balaban J connectivity index is 2.08. The SMILES string of the molecule is O=C(O)[C@]12CCCC[C@]13C(=O)OC[C@@H]3C2. The van der Waals surface area contributed by atoms with E-state index in [0.717, 1.165) is 12.8 Å². The lowest BCUT2D eigenvalue weighted by Crippen LogP contribution is -2.64. The summed E-state index contributed by atoms with van der Waals surface area (Å²) in [7, 11) is 0. The number of carbonyl (C=O) groups excluding carboxylic acids is 1. The number of rotatable bonds is 1. The van der Waals surface area contributed by atoms with Crippen LogP contribution in [-0.4, -0.2) is 23.7 Å². The van der Waals surface area contributed by atoms with Crippen LogP contribution >= 0.6 is 0 Å². The molecule has 1 heterocycles. The fourth-order valence-corrected chi connectivity index (χ4v) is 3.99. The van der Waals surface area contributed by atoms with Gasteiger partial charge in [-0.05, 0) is 19.3 Å². The van der Waals surface area contributed by atoms with Gasteiger partial charge in [0.1, 0.15) is 0 Å². The van der Waals surface area contributed by atoms with Crippen LogP contribution in [0.2, 0.25) is 0 Å². The Labute approximate surface area is 87.6 Å². The molecule has 1 saturated heterocycles. The standard InChI is InChI=1S/C11H14O4/c12-8(13)10-3-1-2-4-11(10)7(5-10)6-15-9(11)14/h7H,1-6H2,(H,12,13)/t7-,10+,11-/m0/s1. The number of carbonyl (C=O) groups is 2. The van der Waals surface area contributed by atoms with Gasteiger partial charge in [-0.3, -0.25) is 9.59 Å². The van der Waals surface area contributed by atoms with Gasteiger partial charge in [0.2, 0.25) is 0 Å². The highest BCUT2D eigenvalue weighted by Gasteiger charge is 2.76. The molecule has 82 valence electrons. The number of cyclic esters (lactones) is 1. The summed E-state index contributed by atoms with van der Waals surface area (Å²) in [5.74, 6) is -0.875. The maximum absolute atomic E-state index is 11.8. The molecule has 3 aliphatic rings. The summed E-state index contributed by atoms with van der Waals surface area (Å²) >= 11 is 0. The van der Waals surface area contributed by atoms with Crippen molar-refractivity contribution in [2.45, 2.75) is 32.1 Å². The first-order valence-electron chi connectivity index (χ1n) is 5.54. The predicted octanol–water partition coefficient (Wildman–Crippen LogP) is 1.19. The summed E-state index contributed by atoms with van der Waals surface area (Å²) in [5.41, 5.74) is -1.44. The number of aliphatic carboxylic acids is 1. The minimum atomic E-state index is -0.794. The third-order valence-electron chi connectivity index (χ3n) is 4.76. The highest BCUT2D eigenvalue weighted by molar-refractivity contribution is 5.92. The maximum Gasteiger partial charge on any atom is 0.313 e. The Morgan fingerprint density at radius 1 is 1.40 bits per heavy atom. The number of hydrogen-bond acceptors (Lipinski definition) is 3. The normalized spacial score (nSPS) is 47.5. The molecule has 1 aliphatic heterocycles. The van der Waals surface area contributed by atoms with Crippen LogP contribution < -0.4 is 0 Å². The molecular formula is C11H14O4. The topological polar surface area (TPSA) is 63.6 Å². The first-order valence-corrected chi connectivity index (χ1v) is 5.54. The van der Waals surface area contributed by atoms with Gasteiger partial charge >= 0.3 is 11.9 Å². The molecule has 3 atom stereocenters. The van der Waals surface area contributed by atoms with Crippen molar-refractivity contribution in [3.05, 3.63) is 0 Å². The van der Waals surface area contributed by atoms with E-state index in [9.17, 15) is 14.7 Å². The first kappa shape index (κ1) is 9.19. The molecule has 0 amide bonds. The summed E-state index contributed by atoms with van der Waals surface area (Å²) in [6.07, 6.45) is 3.87. The van der Waals surface area contributed by atoms with Gasteiger partial charge in [-0.15, -0.1) is 0 Å². The Bertz CT molecular complexity index is 350. The molecular weight excluding hydrogens is 196 g/mol. The summed E-state index contributed by atoms with van der Waals surface area (Å²) in [5, 5.41) is 9.37. The zero-order valence-corrected chi connectivity index (χ0v) is 8.49. The maximum atomic E-state index is 11.8. The molecule has 2 aliphatic carbocycles. The Morgan fingerprint density at radius 2 is 2.13 bits per heavy atom. The Morgan fingerprint density at radius 3 is 2.80 bits per heavy atom. The number of carboxylic acids is 1. The van der Waals surface area contributed by atoms with Gasteiger partial charge in [0.15, 0.2) is 0 Å². The molecule has 1 spiro atoms. The van der Waals surface area contributed by atoms with E-state index in [-0.39, 0.29) is 11.9 Å². The minimum absolute atomic E-state index is 0.168. The largest absolute Gasteiger partial charge is 0.481 e. The lowest BCUT2D eigenvalue weighted by molar-refractivity contribution is -0.200. The first-order chi connectivity index (χ1) is 7.13. The minimum Gasteiger partial charge on any atom is -0.481 e. The van der Waals surface area contributed by atoms with Crippen LogP contribution in [0.1, 0.15) is 32.1 Å². The van der Waals surface area contributed by atoms with Crippen LogP contribution in [0.4, 0.5) is 0 Å². The van der Waals surface area contributed by atoms with Gasteiger partial charge in [0.25, 0.3) is 0 Å². The van der Waals surface area contributed by atoms with Gasteiger partial charge in [-0.1, -0.05) is 12.8 Å². The number of hydrogen-bond donors (Lipinski definition) is 1. The monoisotopic (exact) mass is 210 g/mol. The van der Waals surface area contributed by atoms with Crippen molar-refractivity contribution < 1.29 is 19.4 Å². The molecule has 15 heavy (non-hydrogen) atoms. The summed E-state index contributed by atoms with van der Waals surface area (Å²) in [6.45, 7) is 0.438. The molecule has 2 saturated carbocycles. The molecule has 4 heteroatoms. The van der Waals surface area contributed by atoms with Crippen molar-refractivity contribution >= 4 is 11.9 Å². The Hall–Kier alpha value is -1.06. The van der Waals surface area contributed by atoms with Crippen LogP contribution in [0, 0.1) is 16.7 Å². The third kappa shape index (κ3) is 0.767. The molecule has 0 radical (unpaired) electrons. The van der Waals surface area contributed by atoms with E-state index in [4.69, 9.17) is 4.74 Å². The number of esters is 1. The van der Waals surface area contributed by atoms with Crippen molar-refractivity contribution in [2.75, 3.05) is 6.61 Å². The second kappa shape index (κ2) is 2.54. The second-order valence-electron chi connectivity index (χ2n) is 5.07. The lowest BCUT2D eigenvalue weighted by Gasteiger charge is -2.58. The quantitative estimate of drug-likeness (QED) is 0.660. The fourth-order valence-electron chi connectivity index (χ4n) is 3.99. The molecule has 0 bridgehead atoms. The van der Waals surface area contributed by atoms with Gasteiger partial charge in [-0.2, -0.15) is 0 Å². The number of ether oxygens (including phenoxy) is 1. The highest BCUT2D eigenvalue weighted by atomic mass is 16.5. The predicted molar refractivity (Wildman–Crippen MR) is 50.0 cm³/mol. The van der Waals surface area contributed by atoms with Gasteiger partial charge < -0.3 is 9.84 Å². The highest BCUT2D eigenvalue weighted by Crippen LogP contribution is 2.70. The van der Waals surface area contributed by atoms with E-state index >= 15 is 0 Å². The van der Waals surface area contributed by atoms with Crippen LogP contribution in [0.25, 0.3) is 0 Å². The fraction of sp³-hybridized carbons (Fsp3) is 0.818. The average molecular weight is 210 g/mol. The van der Waals surface area contributed by atoms with Crippen molar-refractivity contribution in [2.24, 2.45) is 16.7 Å². The van der Waals surface area contributed by atoms with E-state index in [2.05, 4.69) is 0 Å². The van der Waals surface area contributed by atoms with Crippen LogP contribution in [0.3, 0.4) is 0 Å². The van der Waals surface area contributed by atoms with Crippen molar-refractivity contribution in [1.82, 2.24) is 0 Å². The molecule has 4 nitrogen and oxygen atoms in total. The van der Waals surface area contributed by atoms with E-state index in [0.29, 0.717) is 25.9 Å². The smallest absolute Gasteiger partial charge is 0.313 e. The van der Waals surface area contributed by atoms with Crippen molar-refractivity contribution in [3.63, 3.8) is 0 Å². The van der Waals surface area contributed by atoms with Gasteiger partial charge in [-0.25, -0.2) is 0 Å². The molecule has 0 unspecified atom stereocenters. The van der Waals surface area contributed by atoms with E-state index in [1.165, 1.54) is 0 Å². The van der Waals surface area contributed by atoms with E-state index in [1.54, 1.807) is 0 Å². The average Bonchev–Trinajstić information content (AvgIpc) is 2.42.